The first-order chi connectivity index (χ1) is 12.6. The Morgan fingerprint density at radius 3 is 2.54 bits per heavy atom. The number of nitrogens with one attached hydrogen (secondary N) is 1. The van der Waals surface area contributed by atoms with Crippen molar-refractivity contribution in [3.05, 3.63) is 89.0 Å². The summed E-state index contributed by atoms with van der Waals surface area (Å²) < 4.78 is 2.08. The summed E-state index contributed by atoms with van der Waals surface area (Å²) in [6.45, 7) is 4.38. The van der Waals surface area contributed by atoms with Crippen LogP contribution in [0, 0.1) is 13.8 Å². The van der Waals surface area contributed by atoms with Crippen molar-refractivity contribution in [2.75, 3.05) is 6.61 Å². The number of benzene rings is 1. The molecule has 5 nitrogen and oxygen atoms in total. The fourth-order valence-corrected chi connectivity index (χ4v) is 3.08. The molecule has 3 aromatic rings. The van der Waals surface area contributed by atoms with Crippen LogP contribution in [-0.4, -0.2) is 27.2 Å². The van der Waals surface area contributed by atoms with Crippen molar-refractivity contribution in [2.45, 2.75) is 26.4 Å². The predicted molar refractivity (Wildman–Crippen MR) is 101 cm³/mol. The topological polar surface area (TPSA) is 67.2 Å². The van der Waals surface area contributed by atoms with E-state index in [1.54, 1.807) is 6.20 Å². The molecule has 0 aliphatic rings. The molecule has 0 aliphatic carbocycles. The van der Waals surface area contributed by atoms with E-state index in [1.165, 1.54) is 0 Å². The molecule has 0 bridgehead atoms. The molecule has 1 amide bonds. The van der Waals surface area contributed by atoms with Crippen LogP contribution in [0.5, 0.6) is 0 Å². The lowest BCUT2D eigenvalue weighted by Gasteiger charge is -2.17. The Balaban J connectivity index is 1.81. The highest BCUT2D eigenvalue weighted by Gasteiger charge is 2.19. The summed E-state index contributed by atoms with van der Waals surface area (Å²) in [6.07, 6.45) is 1.77. The number of pyridine rings is 1. The fourth-order valence-electron chi connectivity index (χ4n) is 3.08. The largest absolute Gasteiger partial charge is 0.394 e. The normalized spacial score (nSPS) is 12.0. The lowest BCUT2D eigenvalue weighted by atomic mass is 10.1. The molecule has 134 valence electrons. The van der Waals surface area contributed by atoms with Crippen molar-refractivity contribution >= 4 is 5.91 Å². The highest BCUT2D eigenvalue weighted by atomic mass is 16.3. The molecule has 1 aromatic carbocycles. The summed E-state index contributed by atoms with van der Waals surface area (Å²) in [6, 6.07) is 16.7. The molecule has 2 heterocycles. The van der Waals surface area contributed by atoms with Gasteiger partial charge in [0.05, 0.1) is 30.5 Å². The van der Waals surface area contributed by atoms with Crippen molar-refractivity contribution in [3.63, 3.8) is 0 Å². The molecule has 2 N–H and O–H groups in total. The van der Waals surface area contributed by atoms with E-state index in [2.05, 4.69) is 14.9 Å². The summed E-state index contributed by atoms with van der Waals surface area (Å²) in [5.41, 5.74) is 4.33. The van der Waals surface area contributed by atoms with E-state index in [-0.39, 0.29) is 12.5 Å². The quantitative estimate of drug-likeness (QED) is 0.719. The van der Waals surface area contributed by atoms with Crippen LogP contribution in [0.3, 0.4) is 0 Å². The van der Waals surface area contributed by atoms with Crippen LogP contribution in [0.2, 0.25) is 0 Å². The monoisotopic (exact) mass is 349 g/mol. The molecule has 5 heteroatoms. The number of aliphatic hydroxyl groups excluding tert-OH is 1. The minimum absolute atomic E-state index is 0.150. The van der Waals surface area contributed by atoms with Crippen LogP contribution in [0.25, 0.3) is 0 Å². The first kappa shape index (κ1) is 17.9. The molecular formula is C21H23N3O2. The Kier molecular flexibility index (Phi) is 5.49. The van der Waals surface area contributed by atoms with E-state index in [1.807, 2.05) is 68.4 Å². The zero-order valence-electron chi connectivity index (χ0n) is 15.0. The Bertz CT molecular complexity index is 873. The number of aryl methyl sites for hydroxylation is 1. The minimum Gasteiger partial charge on any atom is -0.394 e. The van der Waals surface area contributed by atoms with Crippen LogP contribution < -0.4 is 5.32 Å². The van der Waals surface area contributed by atoms with E-state index < -0.39 is 6.04 Å². The molecule has 0 aliphatic heterocycles. The number of amides is 1. The standard InChI is InChI=1S/C21H23N3O2/c1-15-12-19(16(2)24(15)13-18-10-6-7-11-22-18)21(26)23-20(14-25)17-8-4-3-5-9-17/h3-12,20,25H,13-14H2,1-2H3,(H,23,26). The van der Waals surface area contributed by atoms with E-state index in [0.717, 1.165) is 22.6 Å². The third kappa shape index (κ3) is 3.83. The number of rotatable bonds is 6. The van der Waals surface area contributed by atoms with Crippen LogP contribution in [-0.2, 0) is 6.54 Å². The summed E-state index contributed by atoms with van der Waals surface area (Å²) in [4.78, 5) is 17.1. The molecule has 3 rings (SSSR count). The van der Waals surface area contributed by atoms with Gasteiger partial charge in [0.2, 0.25) is 0 Å². The maximum atomic E-state index is 12.8. The van der Waals surface area contributed by atoms with Gasteiger partial charge in [-0.15, -0.1) is 0 Å². The zero-order valence-corrected chi connectivity index (χ0v) is 15.0. The Morgan fingerprint density at radius 2 is 1.88 bits per heavy atom. The molecule has 26 heavy (non-hydrogen) atoms. The molecule has 0 fully saturated rings. The SMILES string of the molecule is Cc1cc(C(=O)NC(CO)c2ccccc2)c(C)n1Cc1ccccn1. The number of hydrogen-bond donors (Lipinski definition) is 2. The van der Waals surface area contributed by atoms with Crippen LogP contribution in [0.1, 0.15) is 39.0 Å². The zero-order chi connectivity index (χ0) is 18.5. The van der Waals surface area contributed by atoms with Crippen LogP contribution in [0.4, 0.5) is 0 Å². The van der Waals surface area contributed by atoms with E-state index in [4.69, 9.17) is 0 Å². The van der Waals surface area contributed by atoms with E-state index in [9.17, 15) is 9.90 Å². The second-order valence-electron chi connectivity index (χ2n) is 6.31. The summed E-state index contributed by atoms with van der Waals surface area (Å²) in [5.74, 6) is -0.187. The smallest absolute Gasteiger partial charge is 0.253 e. The summed E-state index contributed by atoms with van der Waals surface area (Å²) in [5, 5.41) is 12.6. The highest BCUT2D eigenvalue weighted by molar-refractivity contribution is 5.96. The van der Waals surface area contributed by atoms with Gasteiger partial charge in [-0.25, -0.2) is 0 Å². The molecule has 0 saturated carbocycles. The predicted octanol–water partition coefficient (Wildman–Crippen LogP) is 3.01. The van der Waals surface area contributed by atoms with E-state index >= 15 is 0 Å². The summed E-state index contributed by atoms with van der Waals surface area (Å²) >= 11 is 0. The Labute approximate surface area is 153 Å². The van der Waals surface area contributed by atoms with Gasteiger partial charge in [-0.1, -0.05) is 36.4 Å². The van der Waals surface area contributed by atoms with Gasteiger partial charge in [0, 0.05) is 17.6 Å². The molecule has 0 radical (unpaired) electrons. The van der Waals surface area contributed by atoms with Gasteiger partial charge in [0.25, 0.3) is 5.91 Å². The lowest BCUT2D eigenvalue weighted by Crippen LogP contribution is -2.31. The number of hydrogen-bond acceptors (Lipinski definition) is 3. The molecule has 1 atom stereocenters. The van der Waals surface area contributed by atoms with Crippen molar-refractivity contribution in [1.29, 1.82) is 0 Å². The maximum Gasteiger partial charge on any atom is 0.253 e. The van der Waals surface area contributed by atoms with Gasteiger partial charge < -0.3 is 15.0 Å². The fraction of sp³-hybridized carbons (Fsp3) is 0.238. The average Bonchev–Trinajstić information content (AvgIpc) is 2.96. The number of carbonyl (C=O) groups excluding carboxylic acids is 1. The molecule has 2 aromatic heterocycles. The molecule has 1 unspecified atom stereocenters. The van der Waals surface area contributed by atoms with Gasteiger partial charge in [0.15, 0.2) is 0 Å². The summed E-state index contributed by atoms with van der Waals surface area (Å²) in [7, 11) is 0. The first-order valence-corrected chi connectivity index (χ1v) is 8.63. The first-order valence-electron chi connectivity index (χ1n) is 8.63. The van der Waals surface area contributed by atoms with Gasteiger partial charge in [-0.05, 0) is 37.6 Å². The molecular weight excluding hydrogens is 326 g/mol. The minimum atomic E-state index is -0.428. The third-order valence-corrected chi connectivity index (χ3v) is 4.55. The van der Waals surface area contributed by atoms with Crippen molar-refractivity contribution in [1.82, 2.24) is 14.9 Å². The van der Waals surface area contributed by atoms with Gasteiger partial charge in [0.1, 0.15) is 0 Å². The van der Waals surface area contributed by atoms with E-state index in [0.29, 0.717) is 12.1 Å². The molecule has 0 spiro atoms. The van der Waals surface area contributed by atoms with Crippen LogP contribution >= 0.6 is 0 Å². The number of aliphatic hydroxyl groups is 1. The van der Waals surface area contributed by atoms with Crippen molar-refractivity contribution in [2.24, 2.45) is 0 Å². The van der Waals surface area contributed by atoms with Crippen molar-refractivity contribution < 1.29 is 9.90 Å². The third-order valence-electron chi connectivity index (χ3n) is 4.55. The molecule has 0 saturated heterocycles. The van der Waals surface area contributed by atoms with Gasteiger partial charge in [-0.2, -0.15) is 0 Å². The number of aromatic nitrogens is 2. The number of nitrogens with zero attached hydrogens (tertiary/aromatic N) is 2. The van der Waals surface area contributed by atoms with Crippen molar-refractivity contribution in [3.8, 4) is 0 Å². The van der Waals surface area contributed by atoms with Crippen LogP contribution in [0.15, 0.2) is 60.8 Å². The lowest BCUT2D eigenvalue weighted by molar-refractivity contribution is 0.0915. The van der Waals surface area contributed by atoms with Gasteiger partial charge in [-0.3, -0.25) is 9.78 Å². The number of carbonyl (C=O) groups is 1. The highest BCUT2D eigenvalue weighted by Crippen LogP contribution is 2.19. The Hall–Kier alpha value is -2.92. The second kappa shape index (κ2) is 7.97. The Morgan fingerprint density at radius 1 is 1.15 bits per heavy atom. The van der Waals surface area contributed by atoms with Gasteiger partial charge >= 0.3 is 0 Å². The average molecular weight is 349 g/mol. The maximum absolute atomic E-state index is 12.8. The second-order valence-corrected chi connectivity index (χ2v) is 6.31.